The maximum absolute atomic E-state index is 5.95. The second-order valence-electron chi connectivity index (χ2n) is 5.83. The van der Waals surface area contributed by atoms with Gasteiger partial charge in [-0.1, -0.05) is 0 Å². The van der Waals surface area contributed by atoms with Gasteiger partial charge < -0.3 is 10.6 Å². The summed E-state index contributed by atoms with van der Waals surface area (Å²) in [5, 5.41) is 0. The van der Waals surface area contributed by atoms with Gasteiger partial charge in [-0.05, 0) is 56.5 Å². The highest BCUT2D eigenvalue weighted by atomic mass is 15.2. The summed E-state index contributed by atoms with van der Waals surface area (Å²) in [4.78, 5) is 9.42. The van der Waals surface area contributed by atoms with Gasteiger partial charge in [-0.3, -0.25) is 4.90 Å². The Balaban J connectivity index is 1.62. The Morgan fingerprint density at radius 3 is 2.63 bits per heavy atom. The van der Waals surface area contributed by atoms with E-state index in [-0.39, 0.29) is 0 Å². The van der Waals surface area contributed by atoms with Crippen molar-refractivity contribution in [1.29, 1.82) is 0 Å². The molecule has 4 heteroatoms. The number of rotatable bonds is 3. The first-order chi connectivity index (χ1) is 9.31. The summed E-state index contributed by atoms with van der Waals surface area (Å²) in [6.07, 6.45) is 6.82. The van der Waals surface area contributed by atoms with Gasteiger partial charge >= 0.3 is 0 Å². The lowest BCUT2D eigenvalue weighted by Gasteiger charge is -2.30. The van der Waals surface area contributed by atoms with Crippen molar-refractivity contribution < 1.29 is 0 Å². The summed E-state index contributed by atoms with van der Waals surface area (Å²) >= 11 is 0. The molecular weight excluding hydrogens is 236 g/mol. The van der Waals surface area contributed by atoms with Crippen LogP contribution in [0, 0.1) is 0 Å². The lowest BCUT2D eigenvalue weighted by Crippen LogP contribution is -2.39. The van der Waals surface area contributed by atoms with E-state index < -0.39 is 0 Å². The van der Waals surface area contributed by atoms with Gasteiger partial charge in [0.25, 0.3) is 0 Å². The highest BCUT2D eigenvalue weighted by Crippen LogP contribution is 2.20. The summed E-state index contributed by atoms with van der Waals surface area (Å²) in [6, 6.07) is 4.82. The maximum atomic E-state index is 5.95. The van der Waals surface area contributed by atoms with Crippen LogP contribution in [-0.2, 0) is 6.54 Å². The van der Waals surface area contributed by atoms with Gasteiger partial charge in [-0.25, -0.2) is 4.98 Å². The molecule has 1 aromatic rings. The molecule has 0 unspecified atom stereocenters. The van der Waals surface area contributed by atoms with E-state index in [4.69, 9.17) is 5.73 Å². The van der Waals surface area contributed by atoms with E-state index in [1.165, 1.54) is 18.4 Å². The molecule has 19 heavy (non-hydrogen) atoms. The second-order valence-corrected chi connectivity index (χ2v) is 5.83. The highest BCUT2D eigenvalue weighted by molar-refractivity contribution is 5.41. The Labute approximate surface area is 115 Å². The smallest absolute Gasteiger partial charge is 0.128 e. The van der Waals surface area contributed by atoms with Gasteiger partial charge in [-0.2, -0.15) is 0 Å². The Bertz CT molecular complexity index is 406. The van der Waals surface area contributed by atoms with Crippen LogP contribution in [-0.4, -0.2) is 42.1 Å². The van der Waals surface area contributed by atoms with Crippen LogP contribution >= 0.6 is 0 Å². The van der Waals surface area contributed by atoms with E-state index in [0.29, 0.717) is 6.04 Å². The van der Waals surface area contributed by atoms with Crippen molar-refractivity contribution in [3.05, 3.63) is 23.9 Å². The molecule has 2 saturated heterocycles. The molecule has 4 nitrogen and oxygen atoms in total. The van der Waals surface area contributed by atoms with E-state index in [1.54, 1.807) is 0 Å². The van der Waals surface area contributed by atoms with Gasteiger partial charge in [0.2, 0.25) is 0 Å². The highest BCUT2D eigenvalue weighted by Gasteiger charge is 2.17. The number of pyridine rings is 1. The molecule has 0 bridgehead atoms. The number of nitrogens with zero attached hydrogens (tertiary/aromatic N) is 3. The van der Waals surface area contributed by atoms with Gasteiger partial charge in [-0.15, -0.1) is 0 Å². The topological polar surface area (TPSA) is 45.4 Å². The van der Waals surface area contributed by atoms with E-state index in [0.717, 1.165) is 51.4 Å². The minimum atomic E-state index is 0.411. The fourth-order valence-corrected chi connectivity index (χ4v) is 3.05. The molecule has 104 valence electrons. The summed E-state index contributed by atoms with van der Waals surface area (Å²) in [7, 11) is 0. The predicted molar refractivity (Wildman–Crippen MR) is 78.2 cm³/mol. The lowest BCUT2D eigenvalue weighted by atomic mass is 10.1. The molecule has 0 aliphatic carbocycles. The Hall–Kier alpha value is -1.13. The van der Waals surface area contributed by atoms with Crippen molar-refractivity contribution in [2.45, 2.75) is 38.3 Å². The number of likely N-dealkylation sites (tertiary alicyclic amines) is 1. The first-order valence-corrected chi connectivity index (χ1v) is 7.49. The van der Waals surface area contributed by atoms with Gasteiger partial charge in [0.1, 0.15) is 5.82 Å². The molecule has 2 N–H and O–H groups in total. The van der Waals surface area contributed by atoms with Gasteiger partial charge in [0.15, 0.2) is 0 Å². The van der Waals surface area contributed by atoms with Crippen molar-refractivity contribution >= 4 is 5.82 Å². The standard InChI is InChI=1S/C15H24N4/c16-14-4-9-18(10-5-14)12-13-3-6-17-15(11-13)19-7-1-2-8-19/h3,6,11,14H,1-2,4-5,7-10,12,16H2. The zero-order chi connectivity index (χ0) is 13.1. The van der Waals surface area contributed by atoms with Gasteiger partial charge in [0, 0.05) is 31.9 Å². The summed E-state index contributed by atoms with van der Waals surface area (Å²) in [5.74, 6) is 1.16. The van der Waals surface area contributed by atoms with Crippen LogP contribution in [0.2, 0.25) is 0 Å². The summed E-state index contributed by atoms with van der Waals surface area (Å²) in [6.45, 7) is 5.62. The van der Waals surface area contributed by atoms with Crippen molar-refractivity contribution in [2.75, 3.05) is 31.1 Å². The minimum Gasteiger partial charge on any atom is -0.357 e. The number of piperidine rings is 1. The Morgan fingerprint density at radius 2 is 1.89 bits per heavy atom. The molecule has 0 aromatic carbocycles. The van der Waals surface area contributed by atoms with Crippen LogP contribution in [0.3, 0.4) is 0 Å². The van der Waals surface area contributed by atoms with Crippen molar-refractivity contribution in [1.82, 2.24) is 9.88 Å². The maximum Gasteiger partial charge on any atom is 0.128 e. The van der Waals surface area contributed by atoms with Crippen molar-refractivity contribution in [3.8, 4) is 0 Å². The average molecular weight is 260 g/mol. The molecule has 2 fully saturated rings. The molecule has 1 aromatic heterocycles. The van der Waals surface area contributed by atoms with Crippen LogP contribution in [0.25, 0.3) is 0 Å². The van der Waals surface area contributed by atoms with Crippen molar-refractivity contribution in [3.63, 3.8) is 0 Å². The van der Waals surface area contributed by atoms with Crippen LogP contribution in [0.5, 0.6) is 0 Å². The first-order valence-electron chi connectivity index (χ1n) is 7.49. The van der Waals surface area contributed by atoms with E-state index in [9.17, 15) is 0 Å². The molecule has 0 atom stereocenters. The number of hydrogen-bond acceptors (Lipinski definition) is 4. The monoisotopic (exact) mass is 260 g/mol. The molecule has 0 radical (unpaired) electrons. The number of nitrogens with two attached hydrogens (primary N) is 1. The molecule has 2 aliphatic rings. The Kier molecular flexibility index (Phi) is 3.99. The third kappa shape index (κ3) is 3.25. The normalized spacial score (nSPS) is 22.1. The molecule has 0 saturated carbocycles. The third-order valence-corrected chi connectivity index (χ3v) is 4.28. The summed E-state index contributed by atoms with van der Waals surface area (Å²) in [5.41, 5.74) is 7.34. The molecule has 0 spiro atoms. The number of hydrogen-bond donors (Lipinski definition) is 1. The van der Waals surface area contributed by atoms with Gasteiger partial charge in [0.05, 0.1) is 0 Å². The number of aromatic nitrogens is 1. The van der Waals surface area contributed by atoms with Crippen molar-refractivity contribution in [2.24, 2.45) is 5.73 Å². The molecule has 2 aliphatic heterocycles. The number of anilines is 1. The third-order valence-electron chi connectivity index (χ3n) is 4.28. The fraction of sp³-hybridized carbons (Fsp3) is 0.667. The molecule has 3 heterocycles. The largest absolute Gasteiger partial charge is 0.357 e. The van der Waals surface area contributed by atoms with Crippen LogP contribution in [0.4, 0.5) is 5.82 Å². The fourth-order valence-electron chi connectivity index (χ4n) is 3.05. The predicted octanol–water partition coefficient (Wildman–Crippen LogP) is 1.60. The zero-order valence-corrected chi connectivity index (χ0v) is 11.6. The quantitative estimate of drug-likeness (QED) is 0.897. The lowest BCUT2D eigenvalue weighted by molar-refractivity contribution is 0.205. The summed E-state index contributed by atoms with van der Waals surface area (Å²) < 4.78 is 0. The molecule has 3 rings (SSSR count). The molecule has 0 amide bonds. The van der Waals surface area contributed by atoms with E-state index in [1.807, 2.05) is 6.20 Å². The van der Waals surface area contributed by atoms with Crippen LogP contribution in [0.1, 0.15) is 31.2 Å². The Morgan fingerprint density at radius 1 is 1.16 bits per heavy atom. The zero-order valence-electron chi connectivity index (χ0n) is 11.6. The SMILES string of the molecule is NC1CCN(Cc2ccnc(N3CCCC3)c2)CC1. The van der Waals surface area contributed by atoms with E-state index in [2.05, 4.69) is 26.9 Å². The second kappa shape index (κ2) is 5.88. The van der Waals surface area contributed by atoms with Crippen LogP contribution < -0.4 is 10.6 Å². The van der Waals surface area contributed by atoms with Crippen LogP contribution in [0.15, 0.2) is 18.3 Å². The molecular formula is C15H24N4. The first kappa shape index (κ1) is 12.9. The van der Waals surface area contributed by atoms with E-state index >= 15 is 0 Å². The average Bonchev–Trinajstić information content (AvgIpc) is 2.96. The minimum absolute atomic E-state index is 0.411.